The zero-order valence-electron chi connectivity index (χ0n) is 10.5. The Balaban J connectivity index is 1.57. The van der Waals surface area contributed by atoms with E-state index >= 15 is 0 Å². The van der Waals surface area contributed by atoms with Crippen molar-refractivity contribution in [3.05, 3.63) is 33.5 Å². The topological polar surface area (TPSA) is 53.6 Å². The monoisotopic (exact) mass is 302 g/mol. The second-order valence-corrected chi connectivity index (χ2v) is 5.69. The van der Waals surface area contributed by atoms with Crippen LogP contribution in [0.15, 0.2) is 11.6 Å². The van der Waals surface area contributed by atoms with Gasteiger partial charge in [0.2, 0.25) is 0 Å². The van der Waals surface area contributed by atoms with E-state index in [0.717, 1.165) is 25.0 Å². The van der Waals surface area contributed by atoms with Crippen LogP contribution in [0.2, 0.25) is 0 Å². The highest BCUT2D eigenvalue weighted by molar-refractivity contribution is 7.09. The lowest BCUT2D eigenvalue weighted by Gasteiger charge is -2.22. The fraction of sp³-hybridized carbons (Fsp3) is 0.500. The number of hydrogen-bond acceptors (Lipinski definition) is 4. The van der Waals surface area contributed by atoms with E-state index in [0.29, 0.717) is 23.6 Å². The van der Waals surface area contributed by atoms with Crippen LogP contribution in [0.4, 0.5) is 13.2 Å². The summed E-state index contributed by atoms with van der Waals surface area (Å²) in [5.74, 6) is 0. The molecule has 1 aliphatic carbocycles. The quantitative estimate of drug-likeness (QED) is 0.916. The van der Waals surface area contributed by atoms with Gasteiger partial charge in [0.15, 0.2) is 5.01 Å². The molecule has 0 amide bonds. The van der Waals surface area contributed by atoms with E-state index in [1.54, 1.807) is 0 Å². The molecule has 0 fully saturated rings. The van der Waals surface area contributed by atoms with Crippen molar-refractivity contribution in [1.82, 2.24) is 20.5 Å². The molecule has 0 aromatic carbocycles. The number of thiazole rings is 1. The van der Waals surface area contributed by atoms with Crippen LogP contribution < -0.4 is 5.32 Å². The molecule has 4 nitrogen and oxygen atoms in total. The molecule has 2 heterocycles. The Morgan fingerprint density at radius 2 is 2.30 bits per heavy atom. The minimum atomic E-state index is -4.35. The Kier molecular flexibility index (Phi) is 3.51. The summed E-state index contributed by atoms with van der Waals surface area (Å²) >= 11 is 0.642. The van der Waals surface area contributed by atoms with E-state index in [4.69, 9.17) is 0 Å². The van der Waals surface area contributed by atoms with Gasteiger partial charge in [-0.1, -0.05) is 0 Å². The number of H-pyrrole nitrogens is 1. The van der Waals surface area contributed by atoms with Gasteiger partial charge in [0.1, 0.15) is 0 Å². The highest BCUT2D eigenvalue weighted by Gasteiger charge is 2.34. The van der Waals surface area contributed by atoms with E-state index in [1.165, 1.54) is 10.9 Å². The average Bonchev–Trinajstić information content (AvgIpc) is 3.04. The molecule has 0 saturated heterocycles. The predicted octanol–water partition coefficient (Wildman–Crippen LogP) is 2.53. The predicted molar refractivity (Wildman–Crippen MR) is 68.4 cm³/mol. The third-order valence-electron chi connectivity index (χ3n) is 3.38. The Morgan fingerprint density at radius 1 is 1.45 bits per heavy atom. The molecule has 1 atom stereocenters. The molecule has 0 bridgehead atoms. The first-order valence-corrected chi connectivity index (χ1v) is 7.16. The lowest BCUT2D eigenvalue weighted by Crippen LogP contribution is -2.34. The molecule has 8 heteroatoms. The van der Waals surface area contributed by atoms with Gasteiger partial charge in [-0.3, -0.25) is 5.10 Å². The second-order valence-electron chi connectivity index (χ2n) is 4.84. The molecule has 0 saturated carbocycles. The van der Waals surface area contributed by atoms with Gasteiger partial charge in [-0.15, -0.1) is 11.3 Å². The molecule has 1 aliphatic rings. The largest absolute Gasteiger partial charge is 0.443 e. The van der Waals surface area contributed by atoms with Crippen LogP contribution in [0.25, 0.3) is 0 Å². The maximum atomic E-state index is 12.4. The maximum Gasteiger partial charge on any atom is 0.443 e. The van der Waals surface area contributed by atoms with Crippen molar-refractivity contribution in [2.24, 2.45) is 0 Å². The molecule has 2 N–H and O–H groups in total. The number of halogens is 3. The lowest BCUT2D eigenvalue weighted by molar-refractivity contribution is -0.137. The Morgan fingerprint density at radius 3 is 3.05 bits per heavy atom. The number of aromatic nitrogens is 3. The summed E-state index contributed by atoms with van der Waals surface area (Å²) in [5.41, 5.74) is 2.79. The van der Waals surface area contributed by atoms with Crippen LogP contribution in [0.3, 0.4) is 0 Å². The van der Waals surface area contributed by atoms with Crippen molar-refractivity contribution in [2.45, 2.75) is 38.0 Å². The fourth-order valence-corrected chi connectivity index (χ4v) is 3.05. The minimum Gasteiger partial charge on any atom is -0.308 e. The first-order valence-electron chi connectivity index (χ1n) is 6.28. The van der Waals surface area contributed by atoms with Crippen molar-refractivity contribution in [1.29, 1.82) is 0 Å². The molecule has 1 unspecified atom stereocenters. The third kappa shape index (κ3) is 2.85. The van der Waals surface area contributed by atoms with Crippen LogP contribution in [0.1, 0.15) is 28.4 Å². The van der Waals surface area contributed by atoms with Gasteiger partial charge in [-0.05, 0) is 24.8 Å². The molecule has 3 rings (SSSR count). The summed E-state index contributed by atoms with van der Waals surface area (Å²) in [7, 11) is 0. The number of hydrogen-bond donors (Lipinski definition) is 2. The second kappa shape index (κ2) is 5.17. The standard InChI is InChI=1S/C12H13F3N4S/c13-12(14,15)11-18-9(6-20-11)5-16-8-1-2-10-7(3-8)4-17-19-10/h4,6,8,16H,1-3,5H2,(H,17,19). The van der Waals surface area contributed by atoms with E-state index in [9.17, 15) is 13.2 Å². The molecule has 20 heavy (non-hydrogen) atoms. The average molecular weight is 302 g/mol. The van der Waals surface area contributed by atoms with Gasteiger partial charge >= 0.3 is 6.18 Å². The van der Waals surface area contributed by atoms with Gasteiger partial charge in [0.25, 0.3) is 0 Å². The van der Waals surface area contributed by atoms with Gasteiger partial charge < -0.3 is 5.32 Å². The van der Waals surface area contributed by atoms with Crippen LogP contribution >= 0.6 is 11.3 Å². The molecular weight excluding hydrogens is 289 g/mol. The molecular formula is C12H13F3N4S. The highest BCUT2D eigenvalue weighted by Crippen LogP contribution is 2.31. The summed E-state index contributed by atoms with van der Waals surface area (Å²) in [6.07, 6.45) is 0.179. The minimum absolute atomic E-state index is 0.260. The van der Waals surface area contributed by atoms with E-state index in [2.05, 4.69) is 20.5 Å². The first kappa shape index (κ1) is 13.6. The van der Waals surface area contributed by atoms with Crippen LogP contribution in [-0.2, 0) is 25.6 Å². The summed E-state index contributed by atoms with van der Waals surface area (Å²) in [6.45, 7) is 0.366. The number of aryl methyl sites for hydroxylation is 1. The Labute approximate surface area is 117 Å². The van der Waals surface area contributed by atoms with Gasteiger partial charge in [-0.2, -0.15) is 18.3 Å². The van der Waals surface area contributed by atoms with Gasteiger partial charge in [0.05, 0.1) is 11.9 Å². The fourth-order valence-electron chi connectivity index (χ4n) is 2.36. The summed E-state index contributed by atoms with van der Waals surface area (Å²) in [6, 6.07) is 0.260. The van der Waals surface area contributed by atoms with E-state index in [-0.39, 0.29) is 6.04 Å². The van der Waals surface area contributed by atoms with Crippen LogP contribution in [0.5, 0.6) is 0 Å². The number of alkyl halides is 3. The third-order valence-corrected chi connectivity index (χ3v) is 4.32. The molecule has 0 radical (unpaired) electrons. The lowest BCUT2D eigenvalue weighted by atomic mass is 9.93. The van der Waals surface area contributed by atoms with E-state index in [1.807, 2.05) is 6.20 Å². The molecule has 2 aromatic heterocycles. The van der Waals surface area contributed by atoms with Crippen molar-refractivity contribution in [3.63, 3.8) is 0 Å². The van der Waals surface area contributed by atoms with Crippen LogP contribution in [0, 0.1) is 0 Å². The summed E-state index contributed by atoms with van der Waals surface area (Å²) < 4.78 is 37.3. The molecule has 0 spiro atoms. The van der Waals surface area contributed by atoms with Crippen LogP contribution in [-0.4, -0.2) is 21.2 Å². The number of nitrogens with one attached hydrogen (secondary N) is 2. The molecule has 0 aliphatic heterocycles. The smallest absolute Gasteiger partial charge is 0.308 e. The van der Waals surface area contributed by atoms with Gasteiger partial charge in [0, 0.05) is 23.7 Å². The zero-order chi connectivity index (χ0) is 14.2. The van der Waals surface area contributed by atoms with Crippen molar-refractivity contribution in [2.75, 3.05) is 0 Å². The van der Waals surface area contributed by atoms with Crippen molar-refractivity contribution >= 4 is 11.3 Å². The zero-order valence-corrected chi connectivity index (χ0v) is 11.3. The number of fused-ring (bicyclic) bond motifs is 1. The maximum absolute atomic E-state index is 12.4. The number of nitrogens with zero attached hydrogens (tertiary/aromatic N) is 2. The van der Waals surface area contributed by atoms with Crippen molar-refractivity contribution in [3.8, 4) is 0 Å². The Hall–Kier alpha value is -1.41. The van der Waals surface area contributed by atoms with E-state index < -0.39 is 11.2 Å². The summed E-state index contributed by atoms with van der Waals surface area (Å²) in [5, 5.41) is 10.9. The summed E-state index contributed by atoms with van der Waals surface area (Å²) in [4.78, 5) is 3.61. The van der Waals surface area contributed by atoms with Crippen molar-refractivity contribution < 1.29 is 13.2 Å². The first-order chi connectivity index (χ1) is 9.52. The number of aromatic amines is 1. The highest BCUT2D eigenvalue weighted by atomic mass is 32.1. The van der Waals surface area contributed by atoms with Gasteiger partial charge in [-0.25, -0.2) is 4.98 Å². The Bertz CT molecular complexity index is 590. The molecule has 2 aromatic rings. The number of rotatable bonds is 3. The SMILES string of the molecule is FC(F)(F)c1nc(CNC2CCc3[nH]ncc3C2)cs1. The normalized spacial score (nSPS) is 19.1. The molecule has 108 valence electrons.